The van der Waals surface area contributed by atoms with Crippen LogP contribution in [0.15, 0.2) is 30.3 Å². The average molecular weight is 337 g/mol. The Morgan fingerprint density at radius 1 is 1.04 bits per heavy atom. The molecule has 1 aromatic carbocycles. The number of nitrogens with zero attached hydrogens (tertiary/aromatic N) is 1. The summed E-state index contributed by atoms with van der Waals surface area (Å²) in [5, 5.41) is 0. The molecule has 2 aliphatic heterocycles. The summed E-state index contributed by atoms with van der Waals surface area (Å²) < 4.78 is 6.61. The Bertz CT molecular complexity index is 756. The highest BCUT2D eigenvalue weighted by molar-refractivity contribution is 5.98. The number of hydrogen-bond donors (Lipinski definition) is 0. The molecule has 2 heterocycles. The zero-order chi connectivity index (χ0) is 16.8. The molecule has 0 N–H and O–H groups in total. The Morgan fingerprint density at radius 3 is 2.56 bits per heavy atom. The fourth-order valence-electron chi connectivity index (χ4n) is 6.82. The highest BCUT2D eigenvalue weighted by Crippen LogP contribution is 2.70. The number of carbonyl (C=O) groups excluding carboxylic acids is 2. The molecule has 1 aromatic rings. The van der Waals surface area contributed by atoms with Crippen LogP contribution in [-0.4, -0.2) is 28.7 Å². The third-order valence-electron chi connectivity index (χ3n) is 7.61. The maximum absolute atomic E-state index is 13.5. The molecule has 6 unspecified atom stereocenters. The normalized spacial score (nSPS) is 45.0. The molecule has 0 spiro atoms. The highest BCUT2D eigenvalue weighted by atomic mass is 16.5. The van der Waals surface area contributed by atoms with Crippen molar-refractivity contribution in [1.82, 2.24) is 4.90 Å². The Kier molecular flexibility index (Phi) is 2.74. The van der Waals surface area contributed by atoms with Crippen molar-refractivity contribution >= 4 is 11.7 Å². The fourth-order valence-corrected chi connectivity index (χ4v) is 6.82. The topological polar surface area (TPSA) is 46.6 Å². The molecule has 5 aliphatic rings. The first-order chi connectivity index (χ1) is 12.2. The Labute approximate surface area is 147 Å². The van der Waals surface area contributed by atoms with Crippen molar-refractivity contribution in [2.45, 2.75) is 56.4 Å². The van der Waals surface area contributed by atoms with Crippen LogP contribution in [0, 0.1) is 23.7 Å². The summed E-state index contributed by atoms with van der Waals surface area (Å²) in [6.07, 6.45) is 6.34. The van der Waals surface area contributed by atoms with E-state index in [0.29, 0.717) is 0 Å². The molecule has 3 aliphatic carbocycles. The van der Waals surface area contributed by atoms with E-state index >= 15 is 0 Å². The zero-order valence-electron chi connectivity index (χ0n) is 14.3. The number of carbonyl (C=O) groups is 2. The van der Waals surface area contributed by atoms with Crippen LogP contribution in [0.4, 0.5) is 0 Å². The van der Waals surface area contributed by atoms with Crippen molar-refractivity contribution in [2.24, 2.45) is 23.7 Å². The van der Waals surface area contributed by atoms with E-state index in [-0.39, 0.29) is 47.5 Å². The molecule has 5 fully saturated rings. The van der Waals surface area contributed by atoms with Crippen molar-refractivity contribution in [1.29, 1.82) is 0 Å². The summed E-state index contributed by atoms with van der Waals surface area (Å²) in [4.78, 5) is 28.4. The number of ketones is 1. The first-order valence-corrected chi connectivity index (χ1v) is 9.84. The summed E-state index contributed by atoms with van der Waals surface area (Å²) in [5.74, 6) is 0.558. The minimum Gasteiger partial charge on any atom is -0.340 e. The molecular formula is C21H23NO3. The van der Waals surface area contributed by atoms with Gasteiger partial charge >= 0.3 is 0 Å². The second-order valence-electron chi connectivity index (χ2n) is 8.56. The molecule has 6 atom stereocenters. The first-order valence-electron chi connectivity index (χ1n) is 9.84. The molecular weight excluding hydrogens is 314 g/mol. The number of amides is 1. The van der Waals surface area contributed by atoms with Gasteiger partial charge in [-0.25, -0.2) is 0 Å². The van der Waals surface area contributed by atoms with Gasteiger partial charge < -0.3 is 9.64 Å². The van der Waals surface area contributed by atoms with Crippen LogP contribution in [0.1, 0.15) is 44.1 Å². The third-order valence-corrected chi connectivity index (χ3v) is 7.61. The van der Waals surface area contributed by atoms with Crippen molar-refractivity contribution in [3.05, 3.63) is 35.9 Å². The predicted octanol–water partition coefficient (Wildman–Crippen LogP) is 2.86. The fraction of sp³-hybridized carbons (Fsp3) is 0.619. The lowest BCUT2D eigenvalue weighted by Crippen LogP contribution is -2.53. The van der Waals surface area contributed by atoms with E-state index in [0.717, 1.165) is 24.8 Å². The second kappa shape index (κ2) is 4.73. The molecule has 2 bridgehead atoms. The third kappa shape index (κ3) is 1.54. The van der Waals surface area contributed by atoms with Crippen LogP contribution in [0.3, 0.4) is 0 Å². The van der Waals surface area contributed by atoms with Gasteiger partial charge in [0.2, 0.25) is 5.91 Å². The standard InChI is InChI=1S/C21H23NO3/c23-18-14-11-15-17-16(14)20(24)22(13-9-5-2-6-10-13)21(17,25-19(15)18)12-7-3-1-4-8-12/h1,3-4,7-8,13-17,19H,2,5-6,9-11H2. The lowest BCUT2D eigenvalue weighted by Gasteiger charge is -2.44. The van der Waals surface area contributed by atoms with Gasteiger partial charge in [-0.3, -0.25) is 9.59 Å². The van der Waals surface area contributed by atoms with Gasteiger partial charge in [-0.2, -0.15) is 0 Å². The molecule has 130 valence electrons. The molecule has 1 amide bonds. The molecule has 2 saturated heterocycles. The van der Waals surface area contributed by atoms with Crippen LogP contribution in [-0.2, 0) is 20.1 Å². The van der Waals surface area contributed by atoms with Crippen LogP contribution < -0.4 is 0 Å². The summed E-state index contributed by atoms with van der Waals surface area (Å²) in [7, 11) is 0. The molecule has 25 heavy (non-hydrogen) atoms. The van der Waals surface area contributed by atoms with Gasteiger partial charge in [-0.05, 0) is 19.3 Å². The van der Waals surface area contributed by atoms with Gasteiger partial charge in [0.05, 0.1) is 5.92 Å². The summed E-state index contributed by atoms with van der Waals surface area (Å²) in [6.45, 7) is 0. The van der Waals surface area contributed by atoms with Crippen LogP contribution in [0.25, 0.3) is 0 Å². The largest absolute Gasteiger partial charge is 0.340 e. The molecule has 0 aromatic heterocycles. The van der Waals surface area contributed by atoms with Crippen LogP contribution >= 0.6 is 0 Å². The molecule has 4 heteroatoms. The van der Waals surface area contributed by atoms with Gasteiger partial charge in [-0.1, -0.05) is 49.6 Å². The molecule has 3 saturated carbocycles. The van der Waals surface area contributed by atoms with E-state index in [1.165, 1.54) is 19.3 Å². The lowest BCUT2D eigenvalue weighted by atomic mass is 9.76. The molecule has 4 nitrogen and oxygen atoms in total. The van der Waals surface area contributed by atoms with E-state index in [1.807, 2.05) is 18.2 Å². The summed E-state index contributed by atoms with van der Waals surface area (Å²) in [6, 6.07) is 10.5. The van der Waals surface area contributed by atoms with E-state index in [9.17, 15) is 9.59 Å². The number of benzene rings is 1. The Balaban J connectivity index is 1.55. The van der Waals surface area contributed by atoms with Gasteiger partial charge in [0, 0.05) is 29.4 Å². The Hall–Kier alpha value is -1.68. The maximum atomic E-state index is 13.5. The Morgan fingerprint density at radius 2 is 1.80 bits per heavy atom. The smallest absolute Gasteiger partial charge is 0.229 e. The predicted molar refractivity (Wildman–Crippen MR) is 90.3 cm³/mol. The SMILES string of the molecule is O=C1C2CC3C1OC1(c4ccccc4)C3C2C(=O)N1C1CCCCC1. The zero-order valence-corrected chi connectivity index (χ0v) is 14.3. The van der Waals surface area contributed by atoms with E-state index in [1.54, 1.807) is 0 Å². The first kappa shape index (κ1) is 14.5. The molecule has 6 rings (SSSR count). The molecule has 0 radical (unpaired) electrons. The minimum atomic E-state index is -0.693. The quantitative estimate of drug-likeness (QED) is 0.834. The van der Waals surface area contributed by atoms with Crippen LogP contribution in [0.2, 0.25) is 0 Å². The highest BCUT2D eigenvalue weighted by Gasteiger charge is 2.79. The maximum Gasteiger partial charge on any atom is 0.229 e. The van der Waals surface area contributed by atoms with Gasteiger partial charge in [0.15, 0.2) is 11.5 Å². The summed E-state index contributed by atoms with van der Waals surface area (Å²) in [5.41, 5.74) is 0.380. The van der Waals surface area contributed by atoms with E-state index in [2.05, 4.69) is 17.0 Å². The summed E-state index contributed by atoms with van der Waals surface area (Å²) >= 11 is 0. The minimum absolute atomic E-state index is 0.0910. The average Bonchev–Trinajstić information content (AvgIpc) is 3.32. The monoisotopic (exact) mass is 337 g/mol. The van der Waals surface area contributed by atoms with Crippen molar-refractivity contribution in [2.75, 3.05) is 0 Å². The van der Waals surface area contributed by atoms with Gasteiger partial charge in [0.25, 0.3) is 0 Å². The van der Waals surface area contributed by atoms with Crippen molar-refractivity contribution < 1.29 is 14.3 Å². The second-order valence-corrected chi connectivity index (χ2v) is 8.56. The number of ether oxygens (including phenoxy) is 1. The van der Waals surface area contributed by atoms with Gasteiger partial charge in [-0.15, -0.1) is 0 Å². The number of rotatable bonds is 2. The van der Waals surface area contributed by atoms with Gasteiger partial charge in [0.1, 0.15) is 6.10 Å². The van der Waals surface area contributed by atoms with E-state index in [4.69, 9.17) is 4.74 Å². The number of Topliss-reactive ketones (excluding diaryl/α,β-unsaturated/α-hetero) is 1. The number of likely N-dealkylation sites (tertiary alicyclic amines) is 1. The van der Waals surface area contributed by atoms with Crippen LogP contribution in [0.5, 0.6) is 0 Å². The number of hydrogen-bond acceptors (Lipinski definition) is 3. The number of fused-ring (bicyclic) bond motifs is 2. The van der Waals surface area contributed by atoms with Crippen molar-refractivity contribution in [3.8, 4) is 0 Å². The van der Waals surface area contributed by atoms with Crippen molar-refractivity contribution in [3.63, 3.8) is 0 Å². The lowest BCUT2D eigenvalue weighted by molar-refractivity contribution is -0.184. The van der Waals surface area contributed by atoms with E-state index < -0.39 is 5.72 Å².